The molecule has 4 nitrogen and oxygen atoms in total. The van der Waals surface area contributed by atoms with Crippen LogP contribution in [-0.4, -0.2) is 62.9 Å². The first kappa shape index (κ1) is 19.5. The first-order valence-electron chi connectivity index (χ1n) is 6.86. The molecule has 0 saturated carbocycles. The smallest absolute Gasteiger partial charge is 0.363 e. The monoisotopic (exact) mass is 338 g/mol. The zero-order chi connectivity index (χ0) is 17.0. The normalized spacial score (nSPS) is 33.8. The predicted molar refractivity (Wildman–Crippen MR) is 66.5 cm³/mol. The van der Waals surface area contributed by atoms with E-state index in [1.807, 2.05) is 0 Å². The molecule has 2 saturated heterocycles. The van der Waals surface area contributed by atoms with Crippen LogP contribution in [0.2, 0.25) is 0 Å². The topological polar surface area (TPSA) is 42.5 Å². The molecule has 4 unspecified atom stereocenters. The van der Waals surface area contributed by atoms with Crippen molar-refractivity contribution in [2.24, 2.45) is 0 Å². The van der Waals surface area contributed by atoms with Gasteiger partial charge >= 0.3 is 12.4 Å². The molecule has 2 aliphatic rings. The molecular formula is C12H20F6N2O2. The lowest BCUT2D eigenvalue weighted by Crippen LogP contribution is -2.50. The quantitative estimate of drug-likeness (QED) is 0.662. The summed E-state index contributed by atoms with van der Waals surface area (Å²) < 4.78 is 81.0. The van der Waals surface area contributed by atoms with Gasteiger partial charge in [-0.15, -0.1) is 0 Å². The Hall–Kier alpha value is -0.580. The molecule has 0 aromatic heterocycles. The highest BCUT2D eigenvalue weighted by Crippen LogP contribution is 2.25. The Morgan fingerprint density at radius 1 is 0.682 bits per heavy atom. The standard InChI is InChI=1S/2C6H10F3NO/c2*1-4-2-10-3-5(11-4)6(7,8)9/h2*4-5,10H,2-3H2,1H3. The second-order valence-electron chi connectivity index (χ2n) is 5.27. The van der Waals surface area contributed by atoms with Crippen LogP contribution in [0.3, 0.4) is 0 Å². The van der Waals surface area contributed by atoms with Crippen molar-refractivity contribution in [1.29, 1.82) is 0 Å². The molecule has 0 amide bonds. The van der Waals surface area contributed by atoms with E-state index in [0.717, 1.165) is 0 Å². The lowest BCUT2D eigenvalue weighted by molar-refractivity contribution is -0.237. The Labute approximate surface area is 124 Å². The van der Waals surface area contributed by atoms with Crippen LogP contribution in [0.25, 0.3) is 0 Å². The Balaban J connectivity index is 0.000000220. The molecule has 0 bridgehead atoms. The van der Waals surface area contributed by atoms with Crippen molar-refractivity contribution in [2.75, 3.05) is 26.2 Å². The van der Waals surface area contributed by atoms with E-state index in [1.165, 1.54) is 0 Å². The highest BCUT2D eigenvalue weighted by Gasteiger charge is 2.43. The van der Waals surface area contributed by atoms with Gasteiger partial charge in [-0.2, -0.15) is 26.3 Å². The number of hydrogen-bond donors (Lipinski definition) is 2. The summed E-state index contributed by atoms with van der Waals surface area (Å²) in [7, 11) is 0. The van der Waals surface area contributed by atoms with Crippen molar-refractivity contribution in [2.45, 2.75) is 50.6 Å². The van der Waals surface area contributed by atoms with Crippen LogP contribution in [0.15, 0.2) is 0 Å². The molecule has 0 aromatic carbocycles. The second-order valence-corrected chi connectivity index (χ2v) is 5.27. The Bertz CT molecular complexity index is 305. The van der Waals surface area contributed by atoms with Gasteiger partial charge in [-0.05, 0) is 13.8 Å². The third-order valence-corrected chi connectivity index (χ3v) is 3.05. The maximum atomic E-state index is 11.9. The lowest BCUT2D eigenvalue weighted by Gasteiger charge is -2.29. The number of rotatable bonds is 0. The van der Waals surface area contributed by atoms with Crippen molar-refractivity contribution in [3.63, 3.8) is 0 Å². The van der Waals surface area contributed by atoms with Gasteiger partial charge in [0.15, 0.2) is 12.2 Å². The zero-order valence-corrected chi connectivity index (χ0v) is 12.2. The summed E-state index contributed by atoms with van der Waals surface area (Å²) in [6.45, 7) is 3.96. The highest BCUT2D eigenvalue weighted by atomic mass is 19.4. The van der Waals surface area contributed by atoms with Gasteiger partial charge in [0.05, 0.1) is 12.2 Å². The summed E-state index contributed by atoms with van der Waals surface area (Å²) in [6.07, 6.45) is -12.4. The summed E-state index contributed by atoms with van der Waals surface area (Å²) in [5, 5.41) is 5.29. The highest BCUT2D eigenvalue weighted by molar-refractivity contribution is 4.78. The van der Waals surface area contributed by atoms with Crippen LogP contribution in [-0.2, 0) is 9.47 Å². The van der Waals surface area contributed by atoms with E-state index in [0.29, 0.717) is 13.1 Å². The molecule has 0 aromatic rings. The minimum atomic E-state index is -4.23. The Morgan fingerprint density at radius 3 is 1.18 bits per heavy atom. The summed E-state index contributed by atoms with van der Waals surface area (Å²) in [6, 6.07) is 0. The van der Waals surface area contributed by atoms with Gasteiger partial charge in [0.1, 0.15) is 0 Å². The summed E-state index contributed by atoms with van der Waals surface area (Å²) in [4.78, 5) is 0. The van der Waals surface area contributed by atoms with E-state index < -0.39 is 24.6 Å². The van der Waals surface area contributed by atoms with E-state index in [-0.39, 0.29) is 25.3 Å². The van der Waals surface area contributed by atoms with Crippen molar-refractivity contribution in [3.8, 4) is 0 Å². The van der Waals surface area contributed by atoms with Crippen LogP contribution in [0.5, 0.6) is 0 Å². The molecule has 10 heteroatoms. The van der Waals surface area contributed by atoms with Gasteiger partial charge < -0.3 is 20.1 Å². The molecule has 2 aliphatic heterocycles. The first-order chi connectivity index (χ1) is 10.00. The van der Waals surface area contributed by atoms with Crippen LogP contribution in [0.4, 0.5) is 26.3 Å². The largest absolute Gasteiger partial charge is 0.415 e. The minimum Gasteiger partial charge on any atom is -0.363 e. The molecule has 2 heterocycles. The fraction of sp³-hybridized carbons (Fsp3) is 1.00. The van der Waals surface area contributed by atoms with Gasteiger partial charge in [0.25, 0.3) is 0 Å². The van der Waals surface area contributed by atoms with E-state index in [2.05, 4.69) is 20.1 Å². The van der Waals surface area contributed by atoms with Crippen molar-refractivity contribution >= 4 is 0 Å². The van der Waals surface area contributed by atoms with E-state index in [9.17, 15) is 26.3 Å². The SMILES string of the molecule is CC1CNCC(C(F)(F)F)O1.CC1CNCC(C(F)(F)F)O1. The number of ether oxygens (including phenoxy) is 2. The number of hydrogen-bond acceptors (Lipinski definition) is 4. The molecule has 2 rings (SSSR count). The summed E-state index contributed by atoms with van der Waals surface area (Å²) in [5.74, 6) is 0. The van der Waals surface area contributed by atoms with Crippen LogP contribution < -0.4 is 10.6 Å². The van der Waals surface area contributed by atoms with E-state index in [4.69, 9.17) is 0 Å². The molecule has 0 spiro atoms. The van der Waals surface area contributed by atoms with Gasteiger partial charge in [-0.1, -0.05) is 0 Å². The fourth-order valence-corrected chi connectivity index (χ4v) is 1.97. The third kappa shape index (κ3) is 6.67. The number of morpholine rings is 2. The van der Waals surface area contributed by atoms with Crippen molar-refractivity contribution in [1.82, 2.24) is 10.6 Å². The molecule has 2 N–H and O–H groups in total. The van der Waals surface area contributed by atoms with Crippen LogP contribution in [0.1, 0.15) is 13.8 Å². The van der Waals surface area contributed by atoms with Gasteiger partial charge in [0, 0.05) is 26.2 Å². The van der Waals surface area contributed by atoms with Gasteiger partial charge in [0.2, 0.25) is 0 Å². The third-order valence-electron chi connectivity index (χ3n) is 3.05. The van der Waals surface area contributed by atoms with Crippen molar-refractivity contribution < 1.29 is 35.8 Å². The summed E-state index contributed by atoms with van der Waals surface area (Å²) >= 11 is 0. The van der Waals surface area contributed by atoms with Gasteiger partial charge in [-0.25, -0.2) is 0 Å². The molecule has 22 heavy (non-hydrogen) atoms. The van der Waals surface area contributed by atoms with E-state index >= 15 is 0 Å². The average Bonchev–Trinajstić information content (AvgIpc) is 2.37. The molecular weight excluding hydrogens is 318 g/mol. The summed E-state index contributed by atoms with van der Waals surface area (Å²) in [5.41, 5.74) is 0. The maximum Gasteiger partial charge on any atom is 0.415 e. The predicted octanol–water partition coefficient (Wildman–Crippen LogP) is 1.85. The van der Waals surface area contributed by atoms with Crippen LogP contribution >= 0.6 is 0 Å². The molecule has 0 aliphatic carbocycles. The minimum absolute atomic E-state index is 0.131. The second kappa shape index (κ2) is 7.80. The molecule has 4 atom stereocenters. The molecule has 2 fully saturated rings. The number of nitrogens with one attached hydrogen (secondary N) is 2. The van der Waals surface area contributed by atoms with Crippen LogP contribution in [0, 0.1) is 0 Å². The maximum absolute atomic E-state index is 11.9. The lowest BCUT2D eigenvalue weighted by atomic mass is 10.2. The van der Waals surface area contributed by atoms with E-state index in [1.54, 1.807) is 13.8 Å². The Morgan fingerprint density at radius 2 is 1.00 bits per heavy atom. The van der Waals surface area contributed by atoms with Crippen molar-refractivity contribution in [3.05, 3.63) is 0 Å². The van der Waals surface area contributed by atoms with Gasteiger partial charge in [-0.3, -0.25) is 0 Å². The number of halogens is 6. The molecule has 0 radical (unpaired) electrons. The Kier molecular flexibility index (Phi) is 6.90. The zero-order valence-electron chi connectivity index (χ0n) is 12.2. The fourth-order valence-electron chi connectivity index (χ4n) is 1.97. The average molecular weight is 338 g/mol. The first-order valence-corrected chi connectivity index (χ1v) is 6.86. The number of alkyl halides is 6. The molecule has 132 valence electrons.